The van der Waals surface area contributed by atoms with Crippen molar-refractivity contribution in [3.8, 4) is 0 Å². The van der Waals surface area contributed by atoms with Crippen molar-refractivity contribution in [3.63, 3.8) is 0 Å². The van der Waals surface area contributed by atoms with Crippen LogP contribution in [0.15, 0.2) is 24.3 Å². The van der Waals surface area contributed by atoms with Crippen LogP contribution >= 0.6 is 11.3 Å². The number of anilines is 2. The summed E-state index contributed by atoms with van der Waals surface area (Å²) in [4.78, 5) is 20.1. The fourth-order valence-corrected chi connectivity index (χ4v) is 2.69. The number of hydrogen-bond donors (Lipinski definition) is 1. The van der Waals surface area contributed by atoms with Gasteiger partial charge in [-0.1, -0.05) is 29.5 Å². The van der Waals surface area contributed by atoms with Crippen molar-refractivity contribution in [3.05, 3.63) is 40.5 Å². The number of aromatic nitrogens is 1. The Bertz CT molecular complexity index is 656. The molecule has 5 nitrogen and oxygen atoms in total. The Labute approximate surface area is 126 Å². The van der Waals surface area contributed by atoms with Gasteiger partial charge in [-0.25, -0.2) is 9.37 Å². The molecule has 0 aliphatic heterocycles. The van der Waals surface area contributed by atoms with Crippen LogP contribution in [-0.4, -0.2) is 36.9 Å². The van der Waals surface area contributed by atoms with Gasteiger partial charge in [0.2, 0.25) is 0 Å². The van der Waals surface area contributed by atoms with Gasteiger partial charge in [-0.2, -0.15) is 0 Å². The Morgan fingerprint density at radius 1 is 1.33 bits per heavy atom. The first-order chi connectivity index (χ1) is 9.90. The molecule has 112 valence electrons. The van der Waals surface area contributed by atoms with Gasteiger partial charge in [-0.3, -0.25) is 4.79 Å². The zero-order valence-corrected chi connectivity index (χ0v) is 12.9. The molecule has 1 aromatic heterocycles. The van der Waals surface area contributed by atoms with E-state index in [2.05, 4.69) is 4.98 Å². The summed E-state index contributed by atoms with van der Waals surface area (Å²) in [5.74, 6) is -0.390. The van der Waals surface area contributed by atoms with E-state index in [4.69, 9.17) is 5.73 Å². The first-order valence-electron chi connectivity index (χ1n) is 6.32. The average Bonchev–Trinajstić information content (AvgIpc) is 2.82. The minimum atomic E-state index is -0.330. The average molecular weight is 308 g/mol. The topological polar surface area (TPSA) is 62.5 Å². The summed E-state index contributed by atoms with van der Waals surface area (Å²) in [6.45, 7) is 0.181. The summed E-state index contributed by atoms with van der Waals surface area (Å²) in [5, 5.41) is 0.662. The normalized spacial score (nSPS) is 10.5. The molecule has 2 N–H and O–H groups in total. The minimum Gasteiger partial charge on any atom is -0.382 e. The van der Waals surface area contributed by atoms with Gasteiger partial charge in [0.1, 0.15) is 16.5 Å². The molecule has 1 amide bonds. The van der Waals surface area contributed by atoms with Gasteiger partial charge in [-0.15, -0.1) is 0 Å². The number of nitrogens with two attached hydrogens (primary N) is 1. The second-order valence-electron chi connectivity index (χ2n) is 4.86. The number of rotatable bonds is 4. The summed E-state index contributed by atoms with van der Waals surface area (Å²) in [6, 6.07) is 6.38. The molecule has 0 radical (unpaired) electrons. The summed E-state index contributed by atoms with van der Waals surface area (Å²) < 4.78 is 13.6. The van der Waals surface area contributed by atoms with Crippen LogP contribution in [0.2, 0.25) is 0 Å². The number of amides is 1. The van der Waals surface area contributed by atoms with Crippen LogP contribution < -0.4 is 10.6 Å². The molecule has 1 heterocycles. The largest absolute Gasteiger partial charge is 0.382 e. The molecule has 0 saturated heterocycles. The highest BCUT2D eigenvalue weighted by molar-refractivity contribution is 7.18. The van der Waals surface area contributed by atoms with Crippen LogP contribution in [0, 0.1) is 5.82 Å². The van der Waals surface area contributed by atoms with Gasteiger partial charge in [0, 0.05) is 33.3 Å². The van der Waals surface area contributed by atoms with Gasteiger partial charge in [0.05, 0.1) is 0 Å². The van der Waals surface area contributed by atoms with Crippen molar-refractivity contribution in [2.45, 2.75) is 6.54 Å². The van der Waals surface area contributed by atoms with Crippen molar-refractivity contribution in [1.29, 1.82) is 0 Å². The van der Waals surface area contributed by atoms with E-state index >= 15 is 0 Å². The first-order valence-corrected chi connectivity index (χ1v) is 7.14. The monoisotopic (exact) mass is 308 g/mol. The Balaban J connectivity index is 2.18. The van der Waals surface area contributed by atoms with E-state index in [1.54, 1.807) is 30.1 Å². The molecule has 1 aromatic carbocycles. The fourth-order valence-electron chi connectivity index (χ4n) is 1.79. The van der Waals surface area contributed by atoms with Gasteiger partial charge in [-0.05, 0) is 6.07 Å². The van der Waals surface area contributed by atoms with Gasteiger partial charge >= 0.3 is 0 Å². The third-order valence-corrected chi connectivity index (χ3v) is 4.16. The van der Waals surface area contributed by atoms with E-state index in [0.717, 1.165) is 0 Å². The number of halogens is 1. The number of thiazole rings is 1. The van der Waals surface area contributed by atoms with Crippen molar-refractivity contribution >= 4 is 28.2 Å². The number of carbonyl (C=O) groups is 1. The Kier molecular flexibility index (Phi) is 4.42. The first kappa shape index (κ1) is 15.2. The fraction of sp³-hybridized carbons (Fsp3) is 0.286. The van der Waals surface area contributed by atoms with E-state index in [-0.39, 0.29) is 24.1 Å². The second kappa shape index (κ2) is 6.09. The minimum absolute atomic E-state index is 0.181. The number of nitrogens with zero attached hydrogens (tertiary/aromatic N) is 3. The summed E-state index contributed by atoms with van der Waals surface area (Å²) in [7, 11) is 5.27. The summed E-state index contributed by atoms with van der Waals surface area (Å²) >= 11 is 1.22. The molecule has 0 fully saturated rings. The standard InChI is InChI=1S/C14H17FN4OS/c1-18(2)14-17-12(16)11(21-14)13(20)19(3)8-9-6-4-5-7-10(9)15/h4-7H,8,16H2,1-3H3. The SMILES string of the molecule is CN(Cc1ccccc1F)C(=O)c1sc(N(C)C)nc1N. The van der Waals surface area contributed by atoms with Crippen LogP contribution in [0.4, 0.5) is 15.3 Å². The Hall–Kier alpha value is -2.15. The van der Waals surface area contributed by atoms with Crippen molar-refractivity contribution < 1.29 is 9.18 Å². The predicted molar refractivity (Wildman–Crippen MR) is 83.1 cm³/mol. The lowest BCUT2D eigenvalue weighted by molar-refractivity contribution is 0.0789. The van der Waals surface area contributed by atoms with E-state index in [1.165, 1.54) is 22.3 Å². The summed E-state index contributed by atoms with van der Waals surface area (Å²) in [6.07, 6.45) is 0. The molecule has 0 spiro atoms. The van der Waals surface area contributed by atoms with Gasteiger partial charge in [0.15, 0.2) is 5.13 Å². The molecular formula is C14H17FN4OS. The molecule has 0 aliphatic carbocycles. The maximum absolute atomic E-state index is 13.6. The van der Waals surface area contributed by atoms with Crippen LogP contribution in [0.3, 0.4) is 0 Å². The number of hydrogen-bond acceptors (Lipinski definition) is 5. The lowest BCUT2D eigenvalue weighted by Gasteiger charge is -2.16. The lowest BCUT2D eigenvalue weighted by Crippen LogP contribution is -2.26. The van der Waals surface area contributed by atoms with Crippen LogP contribution in [-0.2, 0) is 6.54 Å². The zero-order valence-electron chi connectivity index (χ0n) is 12.1. The molecule has 21 heavy (non-hydrogen) atoms. The predicted octanol–water partition coefficient (Wildman–Crippen LogP) is 2.20. The Morgan fingerprint density at radius 2 is 2.00 bits per heavy atom. The number of carbonyl (C=O) groups excluding carboxylic acids is 1. The quantitative estimate of drug-likeness (QED) is 0.940. The summed E-state index contributed by atoms with van der Waals surface area (Å²) in [5.41, 5.74) is 6.25. The molecular weight excluding hydrogens is 291 g/mol. The maximum atomic E-state index is 13.6. The zero-order chi connectivity index (χ0) is 15.6. The molecule has 0 bridgehead atoms. The number of nitrogen functional groups attached to an aromatic ring is 1. The van der Waals surface area contributed by atoms with E-state index < -0.39 is 0 Å². The highest BCUT2D eigenvalue weighted by atomic mass is 32.1. The van der Waals surface area contributed by atoms with E-state index in [1.807, 2.05) is 14.1 Å². The highest BCUT2D eigenvalue weighted by Crippen LogP contribution is 2.28. The lowest BCUT2D eigenvalue weighted by atomic mass is 10.2. The smallest absolute Gasteiger partial charge is 0.267 e. The maximum Gasteiger partial charge on any atom is 0.267 e. The molecule has 0 unspecified atom stereocenters. The van der Waals surface area contributed by atoms with E-state index in [9.17, 15) is 9.18 Å². The van der Waals surface area contributed by atoms with Crippen LogP contribution in [0.1, 0.15) is 15.2 Å². The molecule has 0 aliphatic rings. The molecule has 0 saturated carbocycles. The molecule has 2 aromatic rings. The highest BCUT2D eigenvalue weighted by Gasteiger charge is 2.21. The van der Waals surface area contributed by atoms with Gasteiger partial charge in [0.25, 0.3) is 5.91 Å². The van der Waals surface area contributed by atoms with Gasteiger partial charge < -0.3 is 15.5 Å². The van der Waals surface area contributed by atoms with Crippen molar-refractivity contribution in [1.82, 2.24) is 9.88 Å². The van der Waals surface area contributed by atoms with E-state index in [0.29, 0.717) is 15.6 Å². The molecule has 0 atom stereocenters. The third-order valence-electron chi connectivity index (χ3n) is 2.93. The molecule has 2 rings (SSSR count). The van der Waals surface area contributed by atoms with Crippen molar-refractivity contribution in [2.24, 2.45) is 0 Å². The van der Waals surface area contributed by atoms with Crippen molar-refractivity contribution in [2.75, 3.05) is 31.8 Å². The molecule has 7 heteroatoms. The second-order valence-corrected chi connectivity index (χ2v) is 5.84. The Morgan fingerprint density at radius 3 is 2.57 bits per heavy atom. The van der Waals surface area contributed by atoms with Crippen LogP contribution in [0.25, 0.3) is 0 Å². The number of benzene rings is 1. The van der Waals surface area contributed by atoms with Crippen LogP contribution in [0.5, 0.6) is 0 Å². The third kappa shape index (κ3) is 3.30.